The van der Waals surface area contributed by atoms with E-state index in [1.54, 1.807) is 18.2 Å². The van der Waals surface area contributed by atoms with Crippen molar-refractivity contribution in [3.8, 4) is 5.75 Å². The molecule has 1 aliphatic rings. The molecule has 0 saturated carbocycles. The van der Waals surface area contributed by atoms with Crippen molar-refractivity contribution in [1.29, 1.82) is 0 Å². The van der Waals surface area contributed by atoms with Gasteiger partial charge < -0.3 is 0 Å². The van der Waals surface area contributed by atoms with E-state index in [4.69, 9.17) is 4.74 Å². The third-order valence-electron chi connectivity index (χ3n) is 4.01. The molecule has 26 heavy (non-hydrogen) atoms. The number of nitrogens with one attached hydrogen (secondary N) is 1. The molecule has 1 aromatic heterocycles. The van der Waals surface area contributed by atoms with Crippen LogP contribution in [0.2, 0.25) is 0 Å². The van der Waals surface area contributed by atoms with Crippen LogP contribution in [0.15, 0.2) is 30.5 Å². The van der Waals surface area contributed by atoms with Crippen molar-refractivity contribution in [2.45, 2.75) is 12.3 Å². The summed E-state index contributed by atoms with van der Waals surface area (Å²) in [7, 11) is 1.51. The molecule has 1 aromatic carbocycles. The van der Waals surface area contributed by atoms with E-state index in [1.165, 1.54) is 19.4 Å². The summed E-state index contributed by atoms with van der Waals surface area (Å²) in [5.41, 5.74) is 0.926. The number of hydrogen-bond acceptors (Lipinski definition) is 4. The summed E-state index contributed by atoms with van der Waals surface area (Å²) < 4.78 is 32.2. The third-order valence-corrected chi connectivity index (χ3v) is 4.64. The van der Waals surface area contributed by atoms with Crippen molar-refractivity contribution in [2.75, 3.05) is 20.2 Å². The molecule has 2 amide bonds. The molecule has 0 radical (unpaired) electrons. The molecule has 1 N–H and O–H groups in total. The van der Waals surface area contributed by atoms with Crippen LogP contribution in [0.3, 0.4) is 0 Å². The van der Waals surface area contributed by atoms with Gasteiger partial charge in [0.25, 0.3) is 0 Å². The number of ether oxygens (including phenoxy) is 1. The molecule has 2 heterocycles. The second-order valence-corrected chi connectivity index (χ2v) is 6.66. The zero-order valence-corrected chi connectivity index (χ0v) is 15.2. The van der Waals surface area contributed by atoms with Crippen molar-refractivity contribution >= 4 is 27.1 Å². The minimum atomic E-state index is -2.93. The first-order valence-corrected chi connectivity index (χ1v) is 8.44. The molecule has 1 fully saturated rings. The second-order valence-electron chi connectivity index (χ2n) is 5.85. The molecule has 3 rings (SSSR count). The predicted octanol–water partition coefficient (Wildman–Crippen LogP) is 1.52. The van der Waals surface area contributed by atoms with Crippen LogP contribution < -0.4 is 10.1 Å². The summed E-state index contributed by atoms with van der Waals surface area (Å²) in [4.78, 5) is 29.8. The molecule has 1 saturated heterocycles. The van der Waals surface area contributed by atoms with Crippen LogP contribution in [0.25, 0.3) is 10.9 Å². The SMILES string of the molecule is COc1ccc2nccc(C(=O)NCC(=O)N3CC(F)(F)C[C]3=[V])c2c1. The number of benzene rings is 1. The Morgan fingerprint density at radius 1 is 1.38 bits per heavy atom. The van der Waals surface area contributed by atoms with Crippen LogP contribution in [0.1, 0.15) is 16.8 Å². The molecule has 2 aromatic rings. The van der Waals surface area contributed by atoms with Crippen LogP contribution in [-0.2, 0) is 21.8 Å². The van der Waals surface area contributed by atoms with Crippen LogP contribution in [0.5, 0.6) is 5.75 Å². The summed E-state index contributed by atoms with van der Waals surface area (Å²) in [6.45, 7) is -1.04. The monoisotopic (exact) mass is 398 g/mol. The normalized spacial score (nSPS) is 15.9. The average Bonchev–Trinajstić information content (AvgIpc) is 2.90. The fourth-order valence-electron chi connectivity index (χ4n) is 2.73. The van der Waals surface area contributed by atoms with Gasteiger partial charge in [0.1, 0.15) is 0 Å². The number of amides is 2. The molecule has 6 nitrogen and oxygen atoms in total. The Hall–Kier alpha value is -2.32. The van der Waals surface area contributed by atoms with E-state index >= 15 is 0 Å². The van der Waals surface area contributed by atoms with Crippen molar-refractivity contribution in [1.82, 2.24) is 15.2 Å². The summed E-state index contributed by atoms with van der Waals surface area (Å²) in [6.07, 6.45) is 1.02. The Kier molecular flexibility index (Phi) is 5.06. The molecular weight excluding hydrogens is 383 g/mol. The number of carbonyl (C=O) groups excluding carboxylic acids is 2. The number of fused-ring (bicyclic) bond motifs is 1. The van der Waals surface area contributed by atoms with Gasteiger partial charge in [-0.25, -0.2) is 0 Å². The fraction of sp³-hybridized carbons (Fsp3) is 0.294. The molecule has 0 unspecified atom stereocenters. The number of nitrogens with zero attached hydrogens (tertiary/aromatic N) is 2. The van der Waals surface area contributed by atoms with E-state index in [2.05, 4.69) is 10.3 Å². The molecule has 0 aliphatic carbocycles. The van der Waals surface area contributed by atoms with Crippen LogP contribution in [-0.4, -0.2) is 52.2 Å². The van der Waals surface area contributed by atoms with E-state index in [-0.39, 0.29) is 10.9 Å². The number of hydrogen-bond donors (Lipinski definition) is 1. The van der Waals surface area contributed by atoms with E-state index in [1.807, 2.05) is 17.0 Å². The van der Waals surface area contributed by atoms with Gasteiger partial charge in [0.2, 0.25) is 0 Å². The number of likely N-dealkylation sites (tertiary alicyclic amines) is 1. The first kappa shape index (κ1) is 18.5. The Balaban J connectivity index is 1.74. The van der Waals surface area contributed by atoms with Crippen LogP contribution in [0, 0.1) is 0 Å². The van der Waals surface area contributed by atoms with Gasteiger partial charge in [-0.2, -0.15) is 0 Å². The Bertz CT molecular complexity index is 904. The molecular formula is C17H15F2N3O3V. The fourth-order valence-corrected chi connectivity index (χ4v) is 3.38. The van der Waals surface area contributed by atoms with Gasteiger partial charge in [-0.3, -0.25) is 0 Å². The van der Waals surface area contributed by atoms with Gasteiger partial charge in [-0.1, -0.05) is 0 Å². The number of halogens is 2. The van der Waals surface area contributed by atoms with Gasteiger partial charge in [-0.05, 0) is 0 Å². The molecule has 0 atom stereocenters. The van der Waals surface area contributed by atoms with E-state index in [0.717, 1.165) is 4.90 Å². The first-order chi connectivity index (χ1) is 12.3. The van der Waals surface area contributed by atoms with Crippen molar-refractivity contribution < 1.29 is 40.1 Å². The Morgan fingerprint density at radius 2 is 2.15 bits per heavy atom. The van der Waals surface area contributed by atoms with Crippen molar-refractivity contribution in [3.05, 3.63) is 36.0 Å². The molecule has 0 bridgehead atoms. The number of pyridine rings is 1. The number of methoxy groups -OCH3 is 1. The maximum atomic E-state index is 13.4. The van der Waals surface area contributed by atoms with Crippen LogP contribution >= 0.6 is 0 Å². The molecule has 1 aliphatic heterocycles. The van der Waals surface area contributed by atoms with Crippen LogP contribution in [0.4, 0.5) is 8.78 Å². The first-order valence-electron chi connectivity index (χ1n) is 7.75. The van der Waals surface area contributed by atoms with Gasteiger partial charge in [0.15, 0.2) is 0 Å². The Morgan fingerprint density at radius 3 is 2.81 bits per heavy atom. The van der Waals surface area contributed by atoms with Gasteiger partial charge in [-0.15, -0.1) is 0 Å². The number of carbonyl (C=O) groups is 2. The van der Waals surface area contributed by atoms with E-state index in [9.17, 15) is 18.4 Å². The van der Waals surface area contributed by atoms with Crippen molar-refractivity contribution in [3.63, 3.8) is 0 Å². The van der Waals surface area contributed by atoms with Gasteiger partial charge in [0, 0.05) is 0 Å². The minimum absolute atomic E-state index is 0.237. The zero-order chi connectivity index (χ0) is 18.9. The summed E-state index contributed by atoms with van der Waals surface area (Å²) in [6, 6.07) is 6.65. The molecule has 135 valence electrons. The topological polar surface area (TPSA) is 71.5 Å². The predicted molar refractivity (Wildman–Crippen MR) is 86.9 cm³/mol. The second kappa shape index (κ2) is 7.13. The molecule has 9 heteroatoms. The third kappa shape index (κ3) is 3.76. The molecule has 0 spiro atoms. The number of aromatic nitrogens is 1. The maximum absolute atomic E-state index is 13.4. The summed E-state index contributed by atoms with van der Waals surface area (Å²) >= 11 is 1.99. The average molecular weight is 398 g/mol. The van der Waals surface area contributed by atoms with Gasteiger partial charge >= 0.3 is 157 Å². The van der Waals surface area contributed by atoms with E-state index < -0.39 is 30.7 Å². The summed E-state index contributed by atoms with van der Waals surface area (Å²) in [5.74, 6) is -3.43. The zero-order valence-electron chi connectivity index (χ0n) is 13.8. The number of rotatable bonds is 4. The summed E-state index contributed by atoms with van der Waals surface area (Å²) in [5, 5.41) is 3.06. The Labute approximate surface area is 157 Å². The quantitative estimate of drug-likeness (QED) is 0.848. The standard InChI is InChI=1S/C17H15F2N3O3.V/c1-25-11-2-3-14-13(8-11)12(4-6-20-14)16(24)21-9-15(23)22-7-5-17(18,19)10-22;/h2-4,6,8H,5,9-10H2,1H3,(H,21,24);. The van der Waals surface area contributed by atoms with Crippen molar-refractivity contribution in [2.24, 2.45) is 0 Å². The number of alkyl halides is 2. The van der Waals surface area contributed by atoms with Gasteiger partial charge in [0.05, 0.1) is 0 Å². The van der Waals surface area contributed by atoms with E-state index in [0.29, 0.717) is 22.2 Å².